The van der Waals surface area contributed by atoms with E-state index in [2.05, 4.69) is 52.7 Å². The number of aromatic amines is 1. The van der Waals surface area contributed by atoms with Gasteiger partial charge in [0.15, 0.2) is 4.77 Å². The molecule has 3 rings (SSSR count). The molecule has 1 aromatic heterocycles. The van der Waals surface area contributed by atoms with Crippen LogP contribution in [-0.4, -0.2) is 14.8 Å². The average Bonchev–Trinajstić information content (AvgIpc) is 2.71. The minimum Gasteiger partial charge on any atom is -0.307 e. The van der Waals surface area contributed by atoms with Gasteiger partial charge in [0.25, 0.3) is 0 Å². The van der Waals surface area contributed by atoms with Gasteiger partial charge in [0.2, 0.25) is 0 Å². The molecule has 0 bridgehead atoms. The molecule has 0 saturated carbocycles. The summed E-state index contributed by atoms with van der Waals surface area (Å²) in [5.41, 5.74) is 1.24. The summed E-state index contributed by atoms with van der Waals surface area (Å²) >= 11 is 5.11. The molecule has 0 aliphatic carbocycles. The highest BCUT2D eigenvalue weighted by Crippen LogP contribution is 2.17. The molecular weight excluding hydrogens is 242 g/mol. The molecule has 90 valence electrons. The quantitative estimate of drug-likeness (QED) is 0.713. The van der Waals surface area contributed by atoms with Gasteiger partial charge in [-0.3, -0.25) is 5.10 Å². The van der Waals surface area contributed by atoms with Crippen LogP contribution in [0.3, 0.4) is 0 Å². The van der Waals surface area contributed by atoms with Crippen molar-refractivity contribution < 1.29 is 0 Å². The topological polar surface area (TPSA) is 33.6 Å². The maximum atomic E-state index is 5.11. The second-order valence-corrected chi connectivity index (χ2v) is 4.75. The van der Waals surface area contributed by atoms with Crippen molar-refractivity contribution in [1.29, 1.82) is 0 Å². The Bertz CT molecular complexity index is 755. The first-order chi connectivity index (χ1) is 8.74. The molecule has 0 amide bonds. The molecule has 1 N–H and O–H groups in total. The van der Waals surface area contributed by atoms with E-state index in [0.29, 0.717) is 4.77 Å². The van der Waals surface area contributed by atoms with Crippen molar-refractivity contribution in [1.82, 2.24) is 14.8 Å². The lowest BCUT2D eigenvalue weighted by molar-refractivity contribution is 0.813. The minimum absolute atomic E-state index is 0.658. The molecular formula is C14H13N3S. The molecule has 3 aromatic rings. The van der Waals surface area contributed by atoms with Crippen molar-refractivity contribution in [3.05, 3.63) is 58.6 Å². The van der Waals surface area contributed by atoms with Gasteiger partial charge in [0.05, 0.1) is 0 Å². The van der Waals surface area contributed by atoms with Crippen molar-refractivity contribution in [3.63, 3.8) is 0 Å². The van der Waals surface area contributed by atoms with E-state index >= 15 is 0 Å². The maximum absolute atomic E-state index is 5.11. The maximum Gasteiger partial charge on any atom is 0.194 e. The Morgan fingerprint density at radius 3 is 2.67 bits per heavy atom. The molecule has 0 unspecified atom stereocenters. The van der Waals surface area contributed by atoms with E-state index in [1.54, 1.807) is 0 Å². The summed E-state index contributed by atoms with van der Waals surface area (Å²) in [4.78, 5) is 0. The molecule has 1 heterocycles. The van der Waals surface area contributed by atoms with Crippen LogP contribution >= 0.6 is 12.2 Å². The Hall–Kier alpha value is -1.94. The van der Waals surface area contributed by atoms with Gasteiger partial charge in [-0.05, 0) is 28.6 Å². The van der Waals surface area contributed by atoms with Crippen molar-refractivity contribution in [3.8, 4) is 0 Å². The molecule has 2 aromatic carbocycles. The number of rotatable bonds is 2. The Kier molecular flexibility index (Phi) is 2.72. The lowest BCUT2D eigenvalue weighted by atomic mass is 10.1. The first-order valence-corrected chi connectivity index (χ1v) is 6.23. The summed E-state index contributed by atoms with van der Waals surface area (Å²) in [6.45, 7) is 0. The molecule has 0 aliphatic heterocycles. The van der Waals surface area contributed by atoms with E-state index in [1.807, 2.05) is 11.6 Å². The normalized spacial score (nSPS) is 10.9. The highest BCUT2D eigenvalue weighted by atomic mass is 32.1. The summed E-state index contributed by atoms with van der Waals surface area (Å²) in [7, 11) is 1.93. The van der Waals surface area contributed by atoms with E-state index in [0.717, 1.165) is 12.2 Å². The molecule has 3 nitrogen and oxygen atoms in total. The number of H-pyrrole nitrogens is 1. The van der Waals surface area contributed by atoms with Crippen LogP contribution in [0.2, 0.25) is 0 Å². The number of benzene rings is 2. The van der Waals surface area contributed by atoms with Gasteiger partial charge in [-0.1, -0.05) is 42.5 Å². The zero-order chi connectivity index (χ0) is 12.5. The highest BCUT2D eigenvalue weighted by Gasteiger charge is 2.04. The summed E-state index contributed by atoms with van der Waals surface area (Å²) in [5, 5.41) is 9.56. The Balaban J connectivity index is 2.00. The van der Waals surface area contributed by atoms with Crippen molar-refractivity contribution >= 4 is 23.0 Å². The van der Waals surface area contributed by atoms with Crippen LogP contribution in [0.1, 0.15) is 11.4 Å². The van der Waals surface area contributed by atoms with Gasteiger partial charge < -0.3 is 4.57 Å². The third-order valence-corrected chi connectivity index (χ3v) is 3.51. The summed E-state index contributed by atoms with van der Waals surface area (Å²) in [6.07, 6.45) is 0.786. The molecule has 0 fully saturated rings. The largest absolute Gasteiger partial charge is 0.307 e. The molecule has 0 aliphatic rings. The van der Waals surface area contributed by atoms with Crippen LogP contribution in [0, 0.1) is 4.77 Å². The number of aromatic nitrogens is 3. The average molecular weight is 255 g/mol. The number of hydrogen-bond donors (Lipinski definition) is 1. The van der Waals surface area contributed by atoms with Crippen molar-refractivity contribution in [2.75, 3.05) is 0 Å². The zero-order valence-electron chi connectivity index (χ0n) is 10.1. The number of nitrogens with one attached hydrogen (secondary N) is 1. The Morgan fingerprint density at radius 2 is 1.94 bits per heavy atom. The van der Waals surface area contributed by atoms with Crippen LogP contribution in [0.5, 0.6) is 0 Å². The van der Waals surface area contributed by atoms with Crippen LogP contribution in [0.25, 0.3) is 10.8 Å². The molecule has 18 heavy (non-hydrogen) atoms. The molecule has 0 radical (unpaired) electrons. The second kappa shape index (κ2) is 4.38. The van der Waals surface area contributed by atoms with Crippen molar-refractivity contribution in [2.45, 2.75) is 6.42 Å². The van der Waals surface area contributed by atoms with Crippen LogP contribution < -0.4 is 0 Å². The molecule has 0 atom stereocenters. The predicted molar refractivity (Wildman–Crippen MR) is 75.1 cm³/mol. The van der Waals surface area contributed by atoms with Crippen LogP contribution in [-0.2, 0) is 13.5 Å². The van der Waals surface area contributed by atoms with E-state index in [4.69, 9.17) is 12.2 Å². The van der Waals surface area contributed by atoms with Gasteiger partial charge in [0.1, 0.15) is 5.82 Å². The lowest BCUT2D eigenvalue weighted by Gasteiger charge is -2.03. The first-order valence-electron chi connectivity index (χ1n) is 5.82. The second-order valence-electron chi connectivity index (χ2n) is 4.36. The standard InChI is InChI=1S/C14H13N3S/c1-17-13(15-16-14(17)18)9-10-6-7-11-4-2-3-5-12(11)8-10/h2-8H,9H2,1H3,(H,16,18). The number of fused-ring (bicyclic) bond motifs is 1. The molecule has 4 heteroatoms. The Labute approximate surface area is 110 Å². The minimum atomic E-state index is 0.658. The van der Waals surface area contributed by atoms with Crippen LogP contribution in [0.15, 0.2) is 42.5 Å². The third-order valence-electron chi connectivity index (χ3n) is 3.15. The monoisotopic (exact) mass is 255 g/mol. The molecule has 0 saturated heterocycles. The predicted octanol–water partition coefficient (Wildman–Crippen LogP) is 3.22. The van der Waals surface area contributed by atoms with Gasteiger partial charge in [0, 0.05) is 13.5 Å². The van der Waals surface area contributed by atoms with Crippen LogP contribution in [0.4, 0.5) is 0 Å². The van der Waals surface area contributed by atoms with E-state index in [-0.39, 0.29) is 0 Å². The van der Waals surface area contributed by atoms with Gasteiger partial charge in [-0.2, -0.15) is 5.10 Å². The number of hydrogen-bond acceptors (Lipinski definition) is 2. The van der Waals surface area contributed by atoms with E-state index in [9.17, 15) is 0 Å². The molecule has 0 spiro atoms. The van der Waals surface area contributed by atoms with E-state index in [1.165, 1.54) is 16.3 Å². The summed E-state index contributed by atoms with van der Waals surface area (Å²) in [5.74, 6) is 0.954. The summed E-state index contributed by atoms with van der Waals surface area (Å²) < 4.78 is 2.57. The van der Waals surface area contributed by atoms with E-state index < -0.39 is 0 Å². The highest BCUT2D eigenvalue weighted by molar-refractivity contribution is 7.71. The fourth-order valence-corrected chi connectivity index (χ4v) is 2.22. The fourth-order valence-electron chi connectivity index (χ4n) is 2.07. The van der Waals surface area contributed by atoms with Gasteiger partial charge in [-0.25, -0.2) is 0 Å². The first kappa shape index (κ1) is 11.2. The third kappa shape index (κ3) is 1.95. The summed E-state index contributed by atoms with van der Waals surface area (Å²) in [6, 6.07) is 14.8. The fraction of sp³-hybridized carbons (Fsp3) is 0.143. The SMILES string of the molecule is Cn1c(Cc2ccc3ccccc3c2)n[nH]c1=S. The van der Waals surface area contributed by atoms with Gasteiger partial charge >= 0.3 is 0 Å². The Morgan fingerprint density at radius 1 is 1.17 bits per heavy atom. The van der Waals surface area contributed by atoms with Gasteiger partial charge in [-0.15, -0.1) is 0 Å². The zero-order valence-corrected chi connectivity index (χ0v) is 10.9. The lowest BCUT2D eigenvalue weighted by Crippen LogP contribution is -1.99. The van der Waals surface area contributed by atoms with Crippen molar-refractivity contribution in [2.24, 2.45) is 7.05 Å². The number of nitrogens with zero attached hydrogens (tertiary/aromatic N) is 2. The smallest absolute Gasteiger partial charge is 0.194 e.